The normalized spacial score (nSPS) is 12.1. The molecule has 0 amide bonds. The van der Waals surface area contributed by atoms with E-state index < -0.39 is 0 Å². The Balaban J connectivity index is 0.000000128. The average molecular weight is 1120 g/mol. The third-order valence-electron chi connectivity index (χ3n) is 19.1. The Hall–Kier alpha value is -11.7. The van der Waals surface area contributed by atoms with Crippen molar-refractivity contribution in [1.82, 2.24) is 19.9 Å². The van der Waals surface area contributed by atoms with E-state index in [0.717, 1.165) is 33.1 Å². The first-order chi connectivity index (χ1) is 43.6. The quantitative estimate of drug-likeness (QED) is 0.127. The fourth-order valence-corrected chi connectivity index (χ4v) is 15.0. The van der Waals surface area contributed by atoms with Gasteiger partial charge in [-0.25, -0.2) is 0 Å². The first kappa shape index (κ1) is 48.6. The van der Waals surface area contributed by atoms with Crippen molar-refractivity contribution in [2.24, 2.45) is 0 Å². The van der Waals surface area contributed by atoms with Gasteiger partial charge in [0.2, 0.25) is 0 Å². The predicted octanol–water partition coefficient (Wildman–Crippen LogP) is 23.5. The molecule has 20 rings (SSSR count). The molecule has 20 aromatic rings. The van der Waals surface area contributed by atoms with Crippen LogP contribution in [0.25, 0.3) is 196 Å². The van der Waals surface area contributed by atoms with Crippen molar-refractivity contribution in [3.05, 3.63) is 291 Å². The smallest absolute Gasteiger partial charge is 0.0710 e. The van der Waals surface area contributed by atoms with E-state index in [4.69, 9.17) is 0 Å². The van der Waals surface area contributed by atoms with Crippen LogP contribution in [0.2, 0.25) is 0 Å². The summed E-state index contributed by atoms with van der Waals surface area (Å²) in [6, 6.07) is 106. The van der Waals surface area contributed by atoms with Gasteiger partial charge in [-0.3, -0.25) is 0 Å². The molecule has 0 unspecified atom stereocenters. The highest BCUT2D eigenvalue weighted by Gasteiger charge is 2.20. The van der Waals surface area contributed by atoms with Gasteiger partial charge in [0, 0.05) is 65.2 Å². The minimum atomic E-state index is 1.14. The van der Waals surface area contributed by atoms with E-state index in [0.29, 0.717) is 0 Å². The Labute approximate surface area is 504 Å². The second kappa shape index (κ2) is 18.9. The first-order valence-corrected chi connectivity index (χ1v) is 30.4. The van der Waals surface area contributed by atoms with Crippen LogP contribution in [-0.2, 0) is 0 Å². The molecule has 4 aromatic heterocycles. The van der Waals surface area contributed by atoms with Crippen LogP contribution in [-0.4, -0.2) is 19.9 Å². The van der Waals surface area contributed by atoms with Crippen LogP contribution in [0.1, 0.15) is 0 Å². The van der Waals surface area contributed by atoms with Crippen molar-refractivity contribution in [3.8, 4) is 44.5 Å². The summed E-state index contributed by atoms with van der Waals surface area (Å²) < 4.78 is 0. The van der Waals surface area contributed by atoms with Crippen LogP contribution < -0.4 is 0 Å². The molecule has 408 valence electrons. The summed E-state index contributed by atoms with van der Waals surface area (Å²) in [5, 5.41) is 25.5. The topological polar surface area (TPSA) is 63.2 Å². The predicted molar refractivity (Wildman–Crippen MR) is 377 cm³/mol. The van der Waals surface area contributed by atoms with Gasteiger partial charge < -0.3 is 19.9 Å². The van der Waals surface area contributed by atoms with Gasteiger partial charge in [0.15, 0.2) is 0 Å². The van der Waals surface area contributed by atoms with Gasteiger partial charge in [0.05, 0.1) is 22.1 Å². The minimum Gasteiger partial charge on any atom is -0.353 e. The number of fused-ring (bicyclic) bond motifs is 26. The number of hydrogen-bond donors (Lipinski definition) is 4. The zero-order valence-corrected chi connectivity index (χ0v) is 47.7. The second-order valence-corrected chi connectivity index (χ2v) is 23.7. The SMILES string of the molecule is c1ccc(-c2ccccc2-c2ccc3[nH]c4c(ccc5c6cc(-c7ccccc7-c7ccccc7)ccc6[nH]c54)c3c2)cc1.c1ccc2c(c1)c1ccccc1c1cc3c(cc21)[nH]c1c3ccc2c3cc4c5ccccc5c5ccccc5c4cc3[nH]c21. The van der Waals surface area contributed by atoms with Crippen LogP contribution in [0.5, 0.6) is 0 Å². The molecule has 16 aromatic carbocycles. The van der Waals surface area contributed by atoms with E-state index in [9.17, 15) is 0 Å². The summed E-state index contributed by atoms with van der Waals surface area (Å²) in [6.45, 7) is 0. The lowest BCUT2D eigenvalue weighted by Gasteiger charge is -2.10. The number of nitrogens with one attached hydrogen (secondary N) is 4. The van der Waals surface area contributed by atoms with Crippen molar-refractivity contribution in [3.63, 3.8) is 0 Å². The summed E-state index contributed by atoms with van der Waals surface area (Å²) >= 11 is 0. The van der Waals surface area contributed by atoms with Gasteiger partial charge in [-0.2, -0.15) is 0 Å². The number of hydrogen-bond acceptors (Lipinski definition) is 0. The van der Waals surface area contributed by atoms with E-state index in [1.54, 1.807) is 0 Å². The van der Waals surface area contributed by atoms with Gasteiger partial charge in [-0.15, -0.1) is 0 Å². The van der Waals surface area contributed by atoms with Gasteiger partial charge in [0.25, 0.3) is 0 Å². The summed E-state index contributed by atoms with van der Waals surface area (Å²) in [6.07, 6.45) is 0. The molecule has 0 saturated carbocycles. The monoisotopic (exact) mass is 1120 g/mol. The highest BCUT2D eigenvalue weighted by atomic mass is 14.8. The Morgan fingerprint density at radius 3 is 0.716 bits per heavy atom. The molecule has 0 radical (unpaired) electrons. The molecule has 0 spiro atoms. The van der Waals surface area contributed by atoms with E-state index in [1.165, 1.54) is 163 Å². The number of benzene rings is 16. The fourth-order valence-electron chi connectivity index (χ4n) is 15.0. The molecule has 0 aliphatic carbocycles. The van der Waals surface area contributed by atoms with E-state index in [1.807, 2.05) is 0 Å². The molecular weight excluding hydrogens is 1060 g/mol. The third kappa shape index (κ3) is 7.27. The lowest BCUT2D eigenvalue weighted by Crippen LogP contribution is -1.85. The van der Waals surface area contributed by atoms with Gasteiger partial charge in [-0.1, -0.05) is 243 Å². The molecule has 0 bridgehead atoms. The van der Waals surface area contributed by atoms with Crippen LogP contribution in [0.15, 0.2) is 291 Å². The van der Waals surface area contributed by atoms with E-state index in [2.05, 4.69) is 311 Å². The van der Waals surface area contributed by atoms with Crippen LogP contribution in [0.4, 0.5) is 0 Å². The van der Waals surface area contributed by atoms with Gasteiger partial charge in [0.1, 0.15) is 0 Å². The molecule has 0 aliphatic rings. The van der Waals surface area contributed by atoms with Crippen molar-refractivity contribution < 1.29 is 0 Å². The first-order valence-electron chi connectivity index (χ1n) is 30.4. The molecular formula is C84H52N4. The number of aromatic nitrogens is 4. The lowest BCUT2D eigenvalue weighted by molar-refractivity contribution is 1.51. The number of rotatable bonds is 4. The Bertz CT molecular complexity index is 5910. The van der Waals surface area contributed by atoms with Crippen molar-refractivity contribution in [1.29, 1.82) is 0 Å². The fraction of sp³-hybridized carbons (Fsp3) is 0. The summed E-state index contributed by atoms with van der Waals surface area (Å²) in [4.78, 5) is 15.2. The Kier molecular flexibility index (Phi) is 10.4. The van der Waals surface area contributed by atoms with Crippen molar-refractivity contribution >= 4 is 152 Å². The van der Waals surface area contributed by atoms with Gasteiger partial charge >= 0.3 is 0 Å². The van der Waals surface area contributed by atoms with Gasteiger partial charge in [-0.05, 0) is 158 Å². The number of H-pyrrole nitrogens is 4. The van der Waals surface area contributed by atoms with Crippen molar-refractivity contribution in [2.75, 3.05) is 0 Å². The molecule has 4 nitrogen and oxygen atoms in total. The zero-order valence-electron chi connectivity index (χ0n) is 47.7. The Morgan fingerprint density at radius 1 is 0.136 bits per heavy atom. The Morgan fingerprint density at radius 2 is 0.386 bits per heavy atom. The zero-order chi connectivity index (χ0) is 57.6. The second-order valence-electron chi connectivity index (χ2n) is 23.7. The van der Waals surface area contributed by atoms with E-state index in [-0.39, 0.29) is 0 Å². The number of aromatic amines is 4. The highest BCUT2D eigenvalue weighted by molar-refractivity contribution is 6.32. The van der Waals surface area contributed by atoms with Crippen LogP contribution in [0, 0.1) is 0 Å². The maximum atomic E-state index is 3.86. The largest absolute Gasteiger partial charge is 0.353 e. The molecule has 88 heavy (non-hydrogen) atoms. The van der Waals surface area contributed by atoms with E-state index >= 15 is 0 Å². The third-order valence-corrected chi connectivity index (χ3v) is 19.1. The molecule has 0 saturated heterocycles. The summed E-state index contributed by atoms with van der Waals surface area (Å²) in [5.41, 5.74) is 19.1. The maximum Gasteiger partial charge on any atom is 0.0710 e. The summed E-state index contributed by atoms with van der Waals surface area (Å²) in [7, 11) is 0. The molecule has 4 N–H and O–H groups in total. The summed E-state index contributed by atoms with van der Waals surface area (Å²) in [5.74, 6) is 0. The van der Waals surface area contributed by atoms with Crippen molar-refractivity contribution in [2.45, 2.75) is 0 Å². The highest BCUT2D eigenvalue weighted by Crippen LogP contribution is 2.45. The van der Waals surface area contributed by atoms with Crippen LogP contribution >= 0.6 is 0 Å². The average Bonchev–Trinajstić information content (AvgIpc) is 1.54. The maximum absolute atomic E-state index is 3.86. The molecule has 0 atom stereocenters. The molecule has 4 heteroatoms. The minimum absolute atomic E-state index is 1.14. The lowest BCUT2D eigenvalue weighted by atomic mass is 9.93. The molecule has 0 fully saturated rings. The van der Waals surface area contributed by atoms with Crippen LogP contribution in [0.3, 0.4) is 0 Å². The molecule has 0 aliphatic heterocycles. The standard InChI is InChI=1S/C42H24N2.C42H28N2/c1-5-13-27-23(9-1)25-11-3-7-15-29(25)35-21-39-37(19-33(27)35)31-17-18-32-38-20-34-28-14-6-2-10-24(28)26-12-4-8-16-30(26)36(34)22-40(38)44-42(32)41(31)43-39;1-3-11-27(12-4-1)31-15-7-9-17-33(31)29-19-23-39-37(25-29)35-21-22-36-38-26-30(20-24-40(38)44-42(36)41(35)43-39)34-18-10-8-16-32(34)28-13-5-2-6-14-28/h1-22,43-44H;1-26,43-44H. The molecule has 4 heterocycles.